The summed E-state index contributed by atoms with van der Waals surface area (Å²) in [7, 11) is -3.52. The number of sulfonamides is 1. The van der Waals surface area contributed by atoms with Crippen LogP contribution in [0.5, 0.6) is 11.5 Å². The van der Waals surface area contributed by atoms with E-state index < -0.39 is 10.0 Å². The highest BCUT2D eigenvalue weighted by atomic mass is 35.5. The lowest BCUT2D eigenvalue weighted by Crippen LogP contribution is -2.30. The van der Waals surface area contributed by atoms with Crippen LogP contribution in [0.15, 0.2) is 23.1 Å². The average molecular weight is 379 g/mol. The molecule has 1 aliphatic rings. The van der Waals surface area contributed by atoms with Crippen LogP contribution in [0, 0.1) is 0 Å². The lowest BCUT2D eigenvalue weighted by molar-refractivity contribution is 0.297. The van der Waals surface area contributed by atoms with Crippen molar-refractivity contribution in [2.24, 2.45) is 0 Å². The highest BCUT2D eigenvalue weighted by molar-refractivity contribution is 7.89. The van der Waals surface area contributed by atoms with E-state index in [0.717, 1.165) is 32.5 Å². The molecule has 0 amide bonds. The molecule has 1 N–H and O–H groups in total. The molecule has 0 saturated carbocycles. The molecule has 6 nitrogen and oxygen atoms in total. The van der Waals surface area contributed by atoms with E-state index in [1.165, 1.54) is 6.07 Å². The summed E-state index contributed by atoms with van der Waals surface area (Å²) in [6.07, 6.45) is 1.58. The summed E-state index contributed by atoms with van der Waals surface area (Å²) in [4.78, 5) is 2.48. The molecule has 0 aliphatic carbocycles. The molecular weight excluding hydrogens is 352 g/mol. The molecule has 138 valence electrons. The van der Waals surface area contributed by atoms with E-state index >= 15 is 0 Å². The topological polar surface area (TPSA) is 67.9 Å². The molecule has 0 unspecified atom stereocenters. The quantitative estimate of drug-likeness (QED) is 0.703. The van der Waals surface area contributed by atoms with Gasteiger partial charge in [0.25, 0.3) is 0 Å². The standard InChI is InChI=1S/C16H26N2O4S.ClH/c1-3-18(4-2)10-5-9-17-23(19,20)14-7-8-15-16(13-14)22-12-6-11-21-15;/h7-8,13,17H,3-6,9-12H2,1-2H3;1H. The van der Waals surface area contributed by atoms with Crippen LogP contribution in [-0.4, -0.2) is 52.7 Å². The maximum absolute atomic E-state index is 12.4. The summed E-state index contributed by atoms with van der Waals surface area (Å²) in [6, 6.07) is 4.75. The summed E-state index contributed by atoms with van der Waals surface area (Å²) in [5.41, 5.74) is 0. The van der Waals surface area contributed by atoms with Crippen molar-refractivity contribution in [3.8, 4) is 11.5 Å². The van der Waals surface area contributed by atoms with Crippen LogP contribution in [0.25, 0.3) is 0 Å². The first kappa shape index (κ1) is 21.0. The fraction of sp³-hybridized carbons (Fsp3) is 0.625. The SMILES string of the molecule is CCN(CC)CCCNS(=O)(=O)c1ccc2c(c1)OCCCO2.Cl. The molecule has 2 rings (SSSR count). The summed E-state index contributed by atoms with van der Waals surface area (Å²) in [5, 5.41) is 0. The van der Waals surface area contributed by atoms with Crippen LogP contribution in [0.1, 0.15) is 26.7 Å². The van der Waals surface area contributed by atoms with E-state index in [1.807, 2.05) is 0 Å². The van der Waals surface area contributed by atoms with Gasteiger partial charge < -0.3 is 14.4 Å². The van der Waals surface area contributed by atoms with E-state index in [0.29, 0.717) is 31.3 Å². The largest absolute Gasteiger partial charge is 0.490 e. The molecule has 1 heterocycles. The van der Waals surface area contributed by atoms with E-state index in [-0.39, 0.29) is 17.3 Å². The van der Waals surface area contributed by atoms with Gasteiger partial charge in [0.15, 0.2) is 11.5 Å². The van der Waals surface area contributed by atoms with Crippen LogP contribution < -0.4 is 14.2 Å². The lowest BCUT2D eigenvalue weighted by atomic mass is 10.3. The van der Waals surface area contributed by atoms with Gasteiger partial charge in [0.05, 0.1) is 18.1 Å². The maximum Gasteiger partial charge on any atom is 0.240 e. The van der Waals surface area contributed by atoms with Gasteiger partial charge in [0.1, 0.15) is 0 Å². The average Bonchev–Trinajstić information content (AvgIpc) is 2.79. The van der Waals surface area contributed by atoms with Crippen molar-refractivity contribution in [3.63, 3.8) is 0 Å². The third-order valence-corrected chi connectivity index (χ3v) is 5.33. The summed E-state index contributed by atoms with van der Waals surface area (Å²) >= 11 is 0. The van der Waals surface area contributed by atoms with E-state index in [1.54, 1.807) is 12.1 Å². The number of fused-ring (bicyclic) bond motifs is 1. The first-order chi connectivity index (χ1) is 11.1. The van der Waals surface area contributed by atoms with Gasteiger partial charge in [-0.05, 0) is 38.2 Å². The summed E-state index contributed by atoms with van der Waals surface area (Å²) in [5.74, 6) is 1.09. The van der Waals surface area contributed by atoms with Crippen LogP contribution in [0.4, 0.5) is 0 Å². The molecule has 24 heavy (non-hydrogen) atoms. The van der Waals surface area contributed by atoms with E-state index in [9.17, 15) is 8.42 Å². The Hall–Kier alpha value is -1.02. The molecule has 1 aromatic carbocycles. The lowest BCUT2D eigenvalue weighted by Gasteiger charge is -2.17. The van der Waals surface area contributed by atoms with Crippen molar-refractivity contribution in [1.29, 1.82) is 0 Å². The zero-order chi connectivity index (χ0) is 16.7. The van der Waals surface area contributed by atoms with Crippen molar-refractivity contribution in [2.45, 2.75) is 31.6 Å². The number of halogens is 1. The molecule has 0 aromatic heterocycles. The van der Waals surface area contributed by atoms with Gasteiger partial charge in [-0.2, -0.15) is 0 Å². The van der Waals surface area contributed by atoms with Gasteiger partial charge in [-0.25, -0.2) is 13.1 Å². The third kappa shape index (κ3) is 5.81. The van der Waals surface area contributed by atoms with Crippen molar-refractivity contribution in [1.82, 2.24) is 9.62 Å². The van der Waals surface area contributed by atoms with Gasteiger partial charge >= 0.3 is 0 Å². The molecule has 0 spiro atoms. The van der Waals surface area contributed by atoms with Crippen molar-refractivity contribution < 1.29 is 17.9 Å². The van der Waals surface area contributed by atoms with Crippen molar-refractivity contribution in [2.75, 3.05) is 39.4 Å². The summed E-state index contributed by atoms with van der Waals surface area (Å²) in [6.45, 7) is 8.59. The van der Waals surface area contributed by atoms with E-state index in [2.05, 4.69) is 23.5 Å². The smallest absolute Gasteiger partial charge is 0.240 e. The first-order valence-corrected chi connectivity index (χ1v) is 9.66. The number of benzene rings is 1. The Morgan fingerprint density at radius 1 is 1.12 bits per heavy atom. The second-order valence-corrected chi connectivity index (χ2v) is 7.20. The Morgan fingerprint density at radius 3 is 2.46 bits per heavy atom. The Labute approximate surface area is 151 Å². The molecule has 8 heteroatoms. The van der Waals surface area contributed by atoms with E-state index in [4.69, 9.17) is 9.47 Å². The Kier molecular flexibility index (Phi) is 8.83. The fourth-order valence-corrected chi connectivity index (χ4v) is 3.53. The molecule has 0 atom stereocenters. The number of nitrogens with zero attached hydrogens (tertiary/aromatic N) is 1. The Morgan fingerprint density at radius 2 is 1.79 bits per heavy atom. The van der Waals surface area contributed by atoms with Gasteiger partial charge in [0.2, 0.25) is 10.0 Å². The molecular formula is C16H27ClN2O4S. The molecule has 0 bridgehead atoms. The molecule has 1 aliphatic heterocycles. The Balaban J connectivity index is 0.00000288. The van der Waals surface area contributed by atoms with Gasteiger partial charge in [-0.1, -0.05) is 13.8 Å². The van der Waals surface area contributed by atoms with Crippen LogP contribution in [0.3, 0.4) is 0 Å². The number of hydrogen-bond donors (Lipinski definition) is 1. The van der Waals surface area contributed by atoms with Gasteiger partial charge in [0, 0.05) is 19.0 Å². The van der Waals surface area contributed by atoms with Crippen LogP contribution >= 0.6 is 12.4 Å². The van der Waals surface area contributed by atoms with Crippen LogP contribution in [0.2, 0.25) is 0 Å². The highest BCUT2D eigenvalue weighted by Crippen LogP contribution is 2.31. The monoisotopic (exact) mass is 378 g/mol. The number of nitrogens with one attached hydrogen (secondary N) is 1. The first-order valence-electron chi connectivity index (χ1n) is 8.18. The van der Waals surface area contributed by atoms with Gasteiger partial charge in [-0.3, -0.25) is 0 Å². The predicted molar refractivity (Wildman–Crippen MR) is 96.9 cm³/mol. The van der Waals surface area contributed by atoms with Gasteiger partial charge in [-0.15, -0.1) is 12.4 Å². The molecule has 0 fully saturated rings. The second kappa shape index (κ2) is 10.1. The molecule has 0 radical (unpaired) electrons. The normalized spacial score (nSPS) is 14.1. The highest BCUT2D eigenvalue weighted by Gasteiger charge is 2.18. The third-order valence-electron chi connectivity index (χ3n) is 3.87. The minimum Gasteiger partial charge on any atom is -0.490 e. The van der Waals surface area contributed by atoms with Crippen molar-refractivity contribution in [3.05, 3.63) is 18.2 Å². The van der Waals surface area contributed by atoms with Crippen LogP contribution in [-0.2, 0) is 10.0 Å². The molecule has 1 aromatic rings. The zero-order valence-electron chi connectivity index (χ0n) is 14.3. The number of ether oxygens (including phenoxy) is 2. The summed E-state index contributed by atoms with van der Waals surface area (Å²) < 4.78 is 38.5. The number of rotatable bonds is 8. The fourth-order valence-electron chi connectivity index (χ4n) is 2.44. The maximum atomic E-state index is 12.4. The minimum atomic E-state index is -3.52. The Bertz CT molecular complexity index is 606. The second-order valence-electron chi connectivity index (χ2n) is 5.44. The van der Waals surface area contributed by atoms with Crippen molar-refractivity contribution >= 4 is 22.4 Å². The molecule has 0 saturated heterocycles. The predicted octanol–water partition coefficient (Wildman–Crippen LogP) is 2.28. The number of hydrogen-bond acceptors (Lipinski definition) is 5. The zero-order valence-corrected chi connectivity index (χ0v) is 15.9. The minimum absolute atomic E-state index is 0.